The lowest BCUT2D eigenvalue weighted by Crippen LogP contribution is -2.18. The topological polar surface area (TPSA) is 9.23 Å². The minimum atomic E-state index is -4.88. The number of rotatable bonds is 1. The van der Waals surface area contributed by atoms with Crippen molar-refractivity contribution in [2.75, 3.05) is 0 Å². The Morgan fingerprint density at radius 2 is 1.85 bits per heavy atom. The highest BCUT2D eigenvalue weighted by molar-refractivity contribution is 9.10. The van der Waals surface area contributed by atoms with Gasteiger partial charge in [-0.3, -0.25) is 0 Å². The van der Waals surface area contributed by atoms with Gasteiger partial charge in [-0.05, 0) is 28.1 Å². The van der Waals surface area contributed by atoms with Gasteiger partial charge in [-0.25, -0.2) is 4.39 Å². The van der Waals surface area contributed by atoms with Gasteiger partial charge in [0, 0.05) is 0 Å². The van der Waals surface area contributed by atoms with E-state index in [0.717, 1.165) is 6.07 Å². The van der Waals surface area contributed by atoms with Crippen LogP contribution < -0.4 is 4.74 Å². The van der Waals surface area contributed by atoms with Crippen LogP contribution in [0.2, 0.25) is 0 Å². The predicted octanol–water partition coefficient (Wildman–Crippen LogP) is 3.49. The van der Waals surface area contributed by atoms with Crippen molar-refractivity contribution in [3.8, 4) is 5.75 Å². The Labute approximate surface area is 79.4 Å². The van der Waals surface area contributed by atoms with Crippen LogP contribution in [0, 0.1) is 5.82 Å². The van der Waals surface area contributed by atoms with E-state index in [1.165, 1.54) is 12.1 Å². The summed E-state index contributed by atoms with van der Waals surface area (Å²) in [5.41, 5.74) is 0. The van der Waals surface area contributed by atoms with E-state index in [9.17, 15) is 17.6 Å². The standard InChI is InChI=1S/C7H3BrF4O/c8-4-2-1-3-5(9)6(4)13-7(10,11)12/h1-3H. The molecule has 0 unspecified atom stereocenters. The molecule has 0 amide bonds. The van der Waals surface area contributed by atoms with E-state index in [1.807, 2.05) is 0 Å². The number of alkyl halides is 3. The molecular weight excluding hydrogens is 256 g/mol. The highest BCUT2D eigenvalue weighted by Crippen LogP contribution is 2.32. The van der Waals surface area contributed by atoms with Crippen LogP contribution in [0.15, 0.2) is 22.7 Å². The number of hydrogen-bond acceptors (Lipinski definition) is 1. The Morgan fingerprint density at radius 1 is 1.23 bits per heavy atom. The molecule has 1 rings (SSSR count). The molecule has 72 valence electrons. The Balaban J connectivity index is 3.00. The Hall–Kier alpha value is -0.780. The van der Waals surface area contributed by atoms with Crippen LogP contribution in [0.25, 0.3) is 0 Å². The van der Waals surface area contributed by atoms with Gasteiger partial charge in [0.15, 0.2) is 11.6 Å². The second kappa shape index (κ2) is 3.53. The summed E-state index contributed by atoms with van der Waals surface area (Å²) in [6.45, 7) is 0. The van der Waals surface area contributed by atoms with Crippen molar-refractivity contribution in [2.45, 2.75) is 6.36 Å². The third-order valence-electron chi connectivity index (χ3n) is 1.14. The molecule has 0 aliphatic heterocycles. The lowest BCUT2D eigenvalue weighted by molar-refractivity contribution is -0.275. The van der Waals surface area contributed by atoms with E-state index in [1.54, 1.807) is 0 Å². The predicted molar refractivity (Wildman–Crippen MR) is 40.8 cm³/mol. The van der Waals surface area contributed by atoms with Gasteiger partial charge in [0.2, 0.25) is 0 Å². The van der Waals surface area contributed by atoms with Gasteiger partial charge >= 0.3 is 6.36 Å². The van der Waals surface area contributed by atoms with E-state index in [-0.39, 0.29) is 4.47 Å². The van der Waals surface area contributed by atoms with Crippen molar-refractivity contribution in [3.63, 3.8) is 0 Å². The van der Waals surface area contributed by atoms with Crippen LogP contribution in [0.4, 0.5) is 17.6 Å². The Morgan fingerprint density at radius 3 is 2.31 bits per heavy atom. The van der Waals surface area contributed by atoms with E-state index in [4.69, 9.17) is 0 Å². The van der Waals surface area contributed by atoms with Crippen LogP contribution in [0.3, 0.4) is 0 Å². The largest absolute Gasteiger partial charge is 0.573 e. The fraction of sp³-hybridized carbons (Fsp3) is 0.143. The van der Waals surface area contributed by atoms with Crippen molar-refractivity contribution in [2.24, 2.45) is 0 Å². The van der Waals surface area contributed by atoms with Crippen LogP contribution >= 0.6 is 15.9 Å². The molecule has 0 saturated carbocycles. The maximum atomic E-state index is 12.7. The van der Waals surface area contributed by atoms with Gasteiger partial charge in [0.25, 0.3) is 0 Å². The molecule has 1 aromatic carbocycles. The maximum Gasteiger partial charge on any atom is 0.573 e. The van der Waals surface area contributed by atoms with E-state index < -0.39 is 17.9 Å². The van der Waals surface area contributed by atoms with Crippen molar-refractivity contribution in [1.82, 2.24) is 0 Å². The smallest absolute Gasteiger partial charge is 0.401 e. The molecule has 0 heterocycles. The van der Waals surface area contributed by atoms with E-state index >= 15 is 0 Å². The van der Waals surface area contributed by atoms with Gasteiger partial charge in [0.1, 0.15) is 0 Å². The minimum absolute atomic E-state index is 0.0789. The molecule has 1 nitrogen and oxygen atoms in total. The quantitative estimate of drug-likeness (QED) is 0.701. The molecule has 0 bridgehead atoms. The fourth-order valence-electron chi connectivity index (χ4n) is 0.696. The summed E-state index contributed by atoms with van der Waals surface area (Å²) in [4.78, 5) is 0. The van der Waals surface area contributed by atoms with Crippen molar-refractivity contribution >= 4 is 15.9 Å². The molecule has 13 heavy (non-hydrogen) atoms. The molecule has 0 saturated heterocycles. The molecule has 1 aromatic rings. The highest BCUT2D eigenvalue weighted by Gasteiger charge is 2.33. The van der Waals surface area contributed by atoms with E-state index in [0.29, 0.717) is 0 Å². The number of benzene rings is 1. The molecule has 0 aromatic heterocycles. The Bertz CT molecular complexity index is 290. The summed E-state index contributed by atoms with van der Waals surface area (Å²) in [5, 5.41) is 0. The second-order valence-corrected chi connectivity index (χ2v) is 2.95. The van der Waals surface area contributed by atoms with Gasteiger partial charge in [-0.2, -0.15) is 0 Å². The minimum Gasteiger partial charge on any atom is -0.401 e. The summed E-state index contributed by atoms with van der Waals surface area (Å²) in [7, 11) is 0. The number of hydrogen-bond donors (Lipinski definition) is 0. The molecule has 6 heteroatoms. The maximum absolute atomic E-state index is 12.7. The lowest BCUT2D eigenvalue weighted by Gasteiger charge is -2.10. The lowest BCUT2D eigenvalue weighted by atomic mass is 10.3. The first-order valence-electron chi connectivity index (χ1n) is 3.10. The van der Waals surface area contributed by atoms with Gasteiger partial charge in [-0.15, -0.1) is 13.2 Å². The zero-order chi connectivity index (χ0) is 10.1. The van der Waals surface area contributed by atoms with Crippen LogP contribution in [-0.4, -0.2) is 6.36 Å². The van der Waals surface area contributed by atoms with Crippen LogP contribution in [0.5, 0.6) is 5.75 Å². The average molecular weight is 259 g/mol. The molecule has 0 N–H and O–H groups in total. The summed E-state index contributed by atoms with van der Waals surface area (Å²) >= 11 is 2.73. The fourth-order valence-corrected chi connectivity index (χ4v) is 1.12. The number of halogens is 5. The highest BCUT2D eigenvalue weighted by atomic mass is 79.9. The Kier molecular flexibility index (Phi) is 2.80. The summed E-state index contributed by atoms with van der Waals surface area (Å²) in [5.74, 6) is -1.92. The second-order valence-electron chi connectivity index (χ2n) is 2.10. The number of para-hydroxylation sites is 1. The zero-order valence-corrected chi connectivity index (χ0v) is 7.62. The molecule has 0 spiro atoms. The van der Waals surface area contributed by atoms with Crippen molar-refractivity contribution in [3.05, 3.63) is 28.5 Å². The normalized spacial score (nSPS) is 11.5. The first kappa shape index (κ1) is 10.3. The van der Waals surface area contributed by atoms with Crippen LogP contribution in [0.1, 0.15) is 0 Å². The number of ether oxygens (including phenoxy) is 1. The summed E-state index contributed by atoms with van der Waals surface area (Å²) < 4.78 is 51.2. The van der Waals surface area contributed by atoms with Gasteiger partial charge in [-0.1, -0.05) is 6.07 Å². The van der Waals surface area contributed by atoms with Gasteiger partial charge < -0.3 is 4.74 Å². The zero-order valence-electron chi connectivity index (χ0n) is 6.03. The third-order valence-corrected chi connectivity index (χ3v) is 1.76. The molecular formula is C7H3BrF4O. The molecule has 0 radical (unpaired) electrons. The average Bonchev–Trinajstić information content (AvgIpc) is 1.95. The SMILES string of the molecule is Fc1cccc(Br)c1OC(F)(F)F. The van der Waals surface area contributed by atoms with Crippen molar-refractivity contribution < 1.29 is 22.3 Å². The molecule has 0 aliphatic rings. The van der Waals surface area contributed by atoms with E-state index in [2.05, 4.69) is 20.7 Å². The summed E-state index contributed by atoms with van der Waals surface area (Å²) in [6.07, 6.45) is -4.88. The first-order chi connectivity index (χ1) is 5.90. The third kappa shape index (κ3) is 2.87. The summed E-state index contributed by atoms with van der Waals surface area (Å²) in [6, 6.07) is 3.40. The molecule has 0 fully saturated rings. The van der Waals surface area contributed by atoms with Crippen LogP contribution in [-0.2, 0) is 0 Å². The van der Waals surface area contributed by atoms with Crippen molar-refractivity contribution in [1.29, 1.82) is 0 Å². The van der Waals surface area contributed by atoms with Gasteiger partial charge in [0.05, 0.1) is 4.47 Å². The monoisotopic (exact) mass is 258 g/mol. The first-order valence-corrected chi connectivity index (χ1v) is 3.89. The molecule has 0 atom stereocenters. The molecule has 0 aliphatic carbocycles.